The molecule has 116 valence electrons. The lowest BCUT2D eigenvalue weighted by atomic mass is 9.66. The number of carbonyl (C=O) groups is 2. The number of hydrogen-bond acceptors (Lipinski definition) is 2. The van der Waals surface area contributed by atoms with E-state index in [9.17, 15) is 9.59 Å². The van der Waals surface area contributed by atoms with Crippen LogP contribution < -0.4 is 5.32 Å². The molecule has 0 heterocycles. The van der Waals surface area contributed by atoms with E-state index in [1.54, 1.807) is 4.90 Å². The molecule has 1 saturated carbocycles. The zero-order valence-corrected chi connectivity index (χ0v) is 12.9. The molecule has 5 nitrogen and oxygen atoms in total. The molecule has 1 aliphatic carbocycles. The van der Waals surface area contributed by atoms with Gasteiger partial charge in [-0.2, -0.15) is 0 Å². The first-order valence-corrected chi connectivity index (χ1v) is 7.67. The minimum absolute atomic E-state index is 0.0653. The summed E-state index contributed by atoms with van der Waals surface area (Å²) in [6.45, 7) is 8.14. The van der Waals surface area contributed by atoms with E-state index < -0.39 is 5.97 Å². The number of urea groups is 1. The van der Waals surface area contributed by atoms with E-state index in [4.69, 9.17) is 5.11 Å². The molecule has 2 N–H and O–H groups in total. The van der Waals surface area contributed by atoms with Gasteiger partial charge in [0.25, 0.3) is 0 Å². The van der Waals surface area contributed by atoms with Crippen LogP contribution in [0.1, 0.15) is 52.9 Å². The summed E-state index contributed by atoms with van der Waals surface area (Å²) in [5, 5.41) is 11.9. The van der Waals surface area contributed by atoms with Crippen molar-refractivity contribution in [3.05, 3.63) is 0 Å². The van der Waals surface area contributed by atoms with Gasteiger partial charge in [-0.05, 0) is 31.1 Å². The second-order valence-corrected chi connectivity index (χ2v) is 6.13. The first-order chi connectivity index (χ1) is 9.42. The summed E-state index contributed by atoms with van der Waals surface area (Å²) in [6, 6.07) is -0.0653. The average molecular weight is 284 g/mol. The van der Waals surface area contributed by atoms with Gasteiger partial charge < -0.3 is 15.3 Å². The van der Waals surface area contributed by atoms with E-state index in [1.165, 1.54) is 0 Å². The lowest BCUT2D eigenvalue weighted by Crippen LogP contribution is -2.48. The number of hydrogen-bond donors (Lipinski definition) is 2. The van der Waals surface area contributed by atoms with Crippen molar-refractivity contribution in [2.45, 2.75) is 52.9 Å². The number of nitrogens with zero attached hydrogens (tertiary/aromatic N) is 1. The van der Waals surface area contributed by atoms with Crippen LogP contribution in [0.5, 0.6) is 0 Å². The van der Waals surface area contributed by atoms with Gasteiger partial charge in [-0.1, -0.05) is 26.7 Å². The number of aliphatic carboxylic acids is 1. The Morgan fingerprint density at radius 2 is 2.00 bits per heavy atom. The topological polar surface area (TPSA) is 69.6 Å². The molecular weight excluding hydrogens is 256 g/mol. The first kappa shape index (κ1) is 16.8. The molecule has 0 aromatic rings. The van der Waals surface area contributed by atoms with Crippen LogP contribution in [-0.4, -0.2) is 41.6 Å². The number of carbonyl (C=O) groups excluding carboxylic acids is 1. The molecule has 1 rings (SSSR count). The second kappa shape index (κ2) is 7.50. The predicted molar refractivity (Wildman–Crippen MR) is 78.6 cm³/mol. The molecule has 2 amide bonds. The van der Waals surface area contributed by atoms with E-state index in [-0.39, 0.29) is 17.9 Å². The molecule has 5 heteroatoms. The maximum absolute atomic E-state index is 12.2. The van der Waals surface area contributed by atoms with Crippen LogP contribution in [0.4, 0.5) is 4.79 Å². The molecule has 0 bridgehead atoms. The Bertz CT molecular complexity index is 340. The third-order valence-corrected chi connectivity index (χ3v) is 4.45. The molecule has 1 aliphatic rings. The standard InChI is InChI=1S/C15H28N2O3/c1-4-12(3)10-17(5-2)14(20)16-11-15(7-6-8-15)9-13(18)19/h12H,4-11H2,1-3H3,(H,16,20)(H,18,19). The Balaban J connectivity index is 2.45. The third kappa shape index (κ3) is 4.69. The van der Waals surface area contributed by atoms with E-state index in [2.05, 4.69) is 19.2 Å². The summed E-state index contributed by atoms with van der Waals surface area (Å²) in [5.41, 5.74) is -0.211. The van der Waals surface area contributed by atoms with Crippen molar-refractivity contribution in [2.24, 2.45) is 11.3 Å². The number of amides is 2. The minimum atomic E-state index is -0.772. The van der Waals surface area contributed by atoms with E-state index in [1.807, 2.05) is 6.92 Å². The van der Waals surface area contributed by atoms with Gasteiger partial charge in [-0.15, -0.1) is 0 Å². The summed E-state index contributed by atoms with van der Waals surface area (Å²) >= 11 is 0. The summed E-state index contributed by atoms with van der Waals surface area (Å²) in [4.78, 5) is 24.9. The predicted octanol–water partition coefficient (Wildman–Crippen LogP) is 2.71. The van der Waals surface area contributed by atoms with Gasteiger partial charge in [0.05, 0.1) is 6.42 Å². The van der Waals surface area contributed by atoms with Crippen LogP contribution in [0.2, 0.25) is 0 Å². The van der Waals surface area contributed by atoms with Crippen molar-refractivity contribution >= 4 is 12.0 Å². The Hall–Kier alpha value is -1.26. The van der Waals surface area contributed by atoms with Crippen molar-refractivity contribution in [3.63, 3.8) is 0 Å². The average Bonchev–Trinajstić information content (AvgIpc) is 2.37. The fourth-order valence-electron chi connectivity index (χ4n) is 2.65. The molecular formula is C15H28N2O3. The smallest absolute Gasteiger partial charge is 0.317 e. The van der Waals surface area contributed by atoms with Crippen LogP contribution in [0.25, 0.3) is 0 Å². The highest BCUT2D eigenvalue weighted by molar-refractivity contribution is 5.74. The zero-order valence-electron chi connectivity index (χ0n) is 12.9. The second-order valence-electron chi connectivity index (χ2n) is 6.13. The molecule has 0 spiro atoms. The number of rotatable bonds is 8. The van der Waals surface area contributed by atoms with E-state index in [0.29, 0.717) is 19.0 Å². The summed E-state index contributed by atoms with van der Waals surface area (Å²) in [6.07, 6.45) is 4.07. The van der Waals surface area contributed by atoms with Gasteiger partial charge in [-0.3, -0.25) is 4.79 Å². The maximum Gasteiger partial charge on any atom is 0.317 e. The summed E-state index contributed by atoms with van der Waals surface area (Å²) in [5.74, 6) is -0.289. The van der Waals surface area contributed by atoms with Gasteiger partial charge in [0.1, 0.15) is 0 Å². The van der Waals surface area contributed by atoms with Crippen molar-refractivity contribution < 1.29 is 14.7 Å². The van der Waals surface area contributed by atoms with Crippen molar-refractivity contribution in [1.82, 2.24) is 10.2 Å². The number of carboxylic acids is 1. The zero-order chi connectivity index (χ0) is 15.2. The molecule has 1 fully saturated rings. The highest BCUT2D eigenvalue weighted by Gasteiger charge is 2.39. The lowest BCUT2D eigenvalue weighted by molar-refractivity contribution is -0.141. The normalized spacial score (nSPS) is 17.9. The molecule has 0 saturated heterocycles. The third-order valence-electron chi connectivity index (χ3n) is 4.45. The van der Waals surface area contributed by atoms with E-state index >= 15 is 0 Å². The largest absolute Gasteiger partial charge is 0.481 e. The van der Waals surface area contributed by atoms with Gasteiger partial charge >= 0.3 is 12.0 Å². The lowest BCUT2D eigenvalue weighted by Gasteiger charge is -2.41. The van der Waals surface area contributed by atoms with Crippen LogP contribution in [0, 0.1) is 11.3 Å². The fraction of sp³-hybridized carbons (Fsp3) is 0.867. The maximum atomic E-state index is 12.2. The Morgan fingerprint density at radius 1 is 1.35 bits per heavy atom. The Kier molecular flexibility index (Phi) is 6.30. The van der Waals surface area contributed by atoms with Gasteiger partial charge in [0, 0.05) is 19.6 Å². The number of carboxylic acid groups (broad SMARTS) is 1. The van der Waals surface area contributed by atoms with Gasteiger partial charge in [0.2, 0.25) is 0 Å². The summed E-state index contributed by atoms with van der Waals surface area (Å²) in [7, 11) is 0. The molecule has 20 heavy (non-hydrogen) atoms. The van der Waals surface area contributed by atoms with Crippen molar-refractivity contribution in [1.29, 1.82) is 0 Å². The van der Waals surface area contributed by atoms with Crippen molar-refractivity contribution in [2.75, 3.05) is 19.6 Å². The molecule has 0 aromatic carbocycles. The molecule has 0 radical (unpaired) electrons. The quantitative estimate of drug-likeness (QED) is 0.720. The highest BCUT2D eigenvalue weighted by Crippen LogP contribution is 2.43. The minimum Gasteiger partial charge on any atom is -0.481 e. The van der Waals surface area contributed by atoms with Crippen molar-refractivity contribution in [3.8, 4) is 0 Å². The van der Waals surface area contributed by atoms with Gasteiger partial charge in [0.15, 0.2) is 0 Å². The van der Waals surface area contributed by atoms with E-state index in [0.717, 1.165) is 32.2 Å². The summed E-state index contributed by atoms with van der Waals surface area (Å²) < 4.78 is 0. The highest BCUT2D eigenvalue weighted by atomic mass is 16.4. The number of nitrogens with one attached hydrogen (secondary N) is 1. The molecule has 1 atom stereocenters. The SMILES string of the molecule is CCC(C)CN(CC)C(=O)NCC1(CC(=O)O)CCC1. The molecule has 0 aromatic heterocycles. The monoisotopic (exact) mass is 284 g/mol. The van der Waals surface area contributed by atoms with Gasteiger partial charge in [-0.25, -0.2) is 4.79 Å². The van der Waals surface area contributed by atoms with Crippen LogP contribution >= 0.6 is 0 Å². The Labute approximate surface area is 121 Å². The Morgan fingerprint density at radius 3 is 2.40 bits per heavy atom. The van der Waals surface area contributed by atoms with Crippen LogP contribution in [0.3, 0.4) is 0 Å². The molecule has 1 unspecified atom stereocenters. The van der Waals surface area contributed by atoms with Crippen LogP contribution in [0.15, 0.2) is 0 Å². The van der Waals surface area contributed by atoms with Crippen LogP contribution in [-0.2, 0) is 4.79 Å². The molecule has 0 aliphatic heterocycles. The fourth-order valence-corrected chi connectivity index (χ4v) is 2.65. The first-order valence-electron chi connectivity index (χ1n) is 7.67.